The number of hydrogen-bond acceptors (Lipinski definition) is 7. The maximum absolute atomic E-state index is 13.1. The summed E-state index contributed by atoms with van der Waals surface area (Å²) in [5, 5.41) is 28.9. The lowest BCUT2D eigenvalue weighted by molar-refractivity contribution is 0.0779. The molecule has 3 aromatic rings. The van der Waals surface area contributed by atoms with Crippen molar-refractivity contribution < 1.29 is 15.0 Å². The normalized spacial score (nSPS) is 16.1. The lowest BCUT2D eigenvalue weighted by atomic mass is 10.0. The molecule has 36 heavy (non-hydrogen) atoms. The van der Waals surface area contributed by atoms with Crippen molar-refractivity contribution in [1.29, 1.82) is 0 Å². The van der Waals surface area contributed by atoms with Gasteiger partial charge in [0.05, 0.1) is 17.3 Å². The highest BCUT2D eigenvalue weighted by atomic mass is 16.3. The van der Waals surface area contributed by atoms with E-state index in [4.69, 9.17) is 0 Å². The van der Waals surface area contributed by atoms with E-state index >= 15 is 0 Å². The number of aromatic amines is 1. The van der Waals surface area contributed by atoms with Gasteiger partial charge in [0, 0.05) is 32.7 Å². The van der Waals surface area contributed by atoms with Crippen LogP contribution in [0.4, 0.5) is 17.1 Å². The smallest absolute Gasteiger partial charge is 0.290 e. The predicted octanol–water partition coefficient (Wildman–Crippen LogP) is 2.54. The lowest BCUT2D eigenvalue weighted by Crippen LogP contribution is -2.32. The molecule has 2 atom stereocenters. The first kappa shape index (κ1) is 25.1. The summed E-state index contributed by atoms with van der Waals surface area (Å²) < 4.78 is 1.10. The molecule has 0 bridgehead atoms. The molecule has 1 aliphatic rings. The quantitative estimate of drug-likeness (QED) is 0.304. The Labute approximate surface area is 208 Å². The molecule has 2 aromatic carbocycles. The van der Waals surface area contributed by atoms with E-state index in [0.717, 1.165) is 10.2 Å². The fourth-order valence-electron chi connectivity index (χ4n) is 4.47. The Morgan fingerprint density at radius 2 is 1.89 bits per heavy atom. The number of carbonyl (C=O) groups excluding carboxylic acids is 1. The topological polar surface area (TPSA) is 140 Å². The highest BCUT2D eigenvalue weighted by Crippen LogP contribution is 2.33. The maximum Gasteiger partial charge on any atom is 0.290 e. The number of aliphatic hydroxyl groups is 1. The van der Waals surface area contributed by atoms with Crippen molar-refractivity contribution in [3.05, 3.63) is 80.4 Å². The number of hydrogen-bond donors (Lipinski definition) is 5. The average Bonchev–Trinajstić information content (AvgIpc) is 3.38. The maximum atomic E-state index is 13.1. The molecule has 5 N–H and O–H groups in total. The number of rotatable bonds is 8. The Balaban J connectivity index is 1.69. The number of aliphatic hydroxyl groups excluding tert-OH is 1. The molecule has 1 saturated heterocycles. The van der Waals surface area contributed by atoms with Crippen molar-refractivity contribution in [1.82, 2.24) is 14.7 Å². The Bertz CT molecular complexity index is 1350. The Morgan fingerprint density at radius 1 is 1.14 bits per heavy atom. The van der Waals surface area contributed by atoms with Gasteiger partial charge in [-0.2, -0.15) is 0 Å². The van der Waals surface area contributed by atoms with Gasteiger partial charge in [-0.25, -0.2) is 0 Å². The second kappa shape index (κ2) is 10.7. The summed E-state index contributed by atoms with van der Waals surface area (Å²) in [6, 6.07) is 14.0. The van der Waals surface area contributed by atoms with Crippen molar-refractivity contribution in [3.63, 3.8) is 0 Å². The SMILES string of the molecule is CCC(Nc1c(Nc2cccc(C(=O)N3CCC(CO)C3)c2O)c(=O)[nH]n(C)c1=O)c1ccccc1. The molecule has 1 aromatic heterocycles. The molecule has 2 heterocycles. The van der Waals surface area contributed by atoms with Gasteiger partial charge in [-0.15, -0.1) is 0 Å². The van der Waals surface area contributed by atoms with Crippen LogP contribution in [0.15, 0.2) is 58.1 Å². The second-order valence-corrected chi connectivity index (χ2v) is 8.99. The van der Waals surface area contributed by atoms with E-state index in [2.05, 4.69) is 15.7 Å². The molecule has 1 amide bonds. The Kier molecular flexibility index (Phi) is 7.44. The molecule has 0 saturated carbocycles. The molecular formula is C26H31N5O5. The minimum atomic E-state index is -0.566. The van der Waals surface area contributed by atoms with Crippen LogP contribution >= 0.6 is 0 Å². The van der Waals surface area contributed by atoms with Crippen molar-refractivity contribution in [2.24, 2.45) is 13.0 Å². The van der Waals surface area contributed by atoms with E-state index in [9.17, 15) is 24.6 Å². The van der Waals surface area contributed by atoms with E-state index in [1.165, 1.54) is 19.2 Å². The van der Waals surface area contributed by atoms with Crippen LogP contribution in [0.3, 0.4) is 0 Å². The third-order valence-electron chi connectivity index (χ3n) is 6.55. The summed E-state index contributed by atoms with van der Waals surface area (Å²) >= 11 is 0. The molecule has 0 radical (unpaired) electrons. The third-order valence-corrected chi connectivity index (χ3v) is 6.55. The number of aromatic hydroxyl groups is 1. The number of likely N-dealkylation sites (tertiary alicyclic amines) is 1. The Hall–Kier alpha value is -4.05. The number of anilines is 3. The number of phenols is 1. The molecule has 190 valence electrons. The number of H-pyrrole nitrogens is 1. The number of amides is 1. The van der Waals surface area contributed by atoms with Crippen molar-refractivity contribution in [2.45, 2.75) is 25.8 Å². The van der Waals surface area contributed by atoms with E-state index in [1.807, 2.05) is 37.3 Å². The van der Waals surface area contributed by atoms with Crippen LogP contribution in [0.2, 0.25) is 0 Å². The van der Waals surface area contributed by atoms with Crippen LogP contribution in [-0.4, -0.2) is 50.5 Å². The summed E-state index contributed by atoms with van der Waals surface area (Å²) in [7, 11) is 1.45. The molecular weight excluding hydrogens is 462 g/mol. The van der Waals surface area contributed by atoms with Crippen LogP contribution in [-0.2, 0) is 7.05 Å². The summed E-state index contributed by atoms with van der Waals surface area (Å²) in [4.78, 5) is 40.6. The molecule has 0 aliphatic carbocycles. The first-order valence-corrected chi connectivity index (χ1v) is 12.0. The van der Waals surface area contributed by atoms with E-state index in [0.29, 0.717) is 25.9 Å². The van der Waals surface area contributed by atoms with Gasteiger partial charge < -0.3 is 25.7 Å². The zero-order valence-electron chi connectivity index (χ0n) is 20.3. The van der Waals surface area contributed by atoms with E-state index in [-0.39, 0.29) is 52.8 Å². The largest absolute Gasteiger partial charge is 0.505 e. The van der Waals surface area contributed by atoms with Gasteiger partial charge in [0.25, 0.3) is 17.0 Å². The highest BCUT2D eigenvalue weighted by molar-refractivity contribution is 5.99. The van der Waals surface area contributed by atoms with Gasteiger partial charge in [-0.05, 0) is 30.5 Å². The summed E-state index contributed by atoms with van der Waals surface area (Å²) in [5.74, 6) is -0.671. The molecule has 10 nitrogen and oxygen atoms in total. The number of aryl methyl sites for hydroxylation is 1. The van der Waals surface area contributed by atoms with Gasteiger partial charge in [-0.3, -0.25) is 24.2 Å². The van der Waals surface area contributed by atoms with Gasteiger partial charge in [0.1, 0.15) is 11.4 Å². The predicted molar refractivity (Wildman–Crippen MR) is 138 cm³/mol. The minimum Gasteiger partial charge on any atom is -0.505 e. The van der Waals surface area contributed by atoms with Crippen LogP contribution in [0.1, 0.15) is 41.7 Å². The number of phenolic OH excluding ortho intramolecular Hbond substituents is 1. The molecule has 4 rings (SSSR count). The van der Waals surface area contributed by atoms with E-state index < -0.39 is 11.1 Å². The fraction of sp³-hybridized carbons (Fsp3) is 0.346. The summed E-state index contributed by atoms with van der Waals surface area (Å²) in [5.41, 5.74) is 0.120. The third kappa shape index (κ3) is 4.99. The average molecular weight is 494 g/mol. The van der Waals surface area contributed by atoms with Crippen LogP contribution < -0.4 is 21.8 Å². The zero-order valence-corrected chi connectivity index (χ0v) is 20.3. The van der Waals surface area contributed by atoms with Gasteiger partial charge in [0.15, 0.2) is 5.75 Å². The summed E-state index contributed by atoms with van der Waals surface area (Å²) in [6.45, 7) is 2.87. The van der Waals surface area contributed by atoms with Crippen molar-refractivity contribution in [2.75, 3.05) is 30.3 Å². The molecule has 1 fully saturated rings. The van der Waals surface area contributed by atoms with E-state index in [1.54, 1.807) is 11.0 Å². The van der Waals surface area contributed by atoms with Gasteiger partial charge in [0.2, 0.25) is 0 Å². The van der Waals surface area contributed by atoms with Crippen LogP contribution in [0.25, 0.3) is 0 Å². The molecule has 2 unspecified atom stereocenters. The number of para-hydroxylation sites is 1. The first-order valence-electron chi connectivity index (χ1n) is 12.0. The monoisotopic (exact) mass is 493 g/mol. The number of carbonyl (C=O) groups is 1. The molecule has 10 heteroatoms. The minimum absolute atomic E-state index is 0.000606. The standard InChI is InChI=1S/C26H31N5O5/c1-3-19(17-8-5-4-6-9-17)27-22-21(24(34)29-30(2)26(22)36)28-20-11-7-10-18(23(20)33)25(35)31-13-12-16(14-31)15-32/h4-11,16,19,27-28,32-33H,3,12-15H2,1-2H3,(H,29,34). The molecule has 1 aliphatic heterocycles. The van der Waals surface area contributed by atoms with Gasteiger partial charge >= 0.3 is 0 Å². The second-order valence-electron chi connectivity index (χ2n) is 8.99. The summed E-state index contributed by atoms with van der Waals surface area (Å²) in [6.07, 6.45) is 1.35. The number of aromatic nitrogens is 2. The van der Waals surface area contributed by atoms with Crippen molar-refractivity contribution >= 4 is 23.0 Å². The van der Waals surface area contributed by atoms with Crippen molar-refractivity contribution in [3.8, 4) is 5.75 Å². The van der Waals surface area contributed by atoms with Gasteiger partial charge in [-0.1, -0.05) is 43.3 Å². The van der Waals surface area contributed by atoms with Crippen LogP contribution in [0, 0.1) is 5.92 Å². The number of nitrogens with zero attached hydrogens (tertiary/aromatic N) is 2. The number of benzene rings is 2. The molecule has 0 spiro atoms. The Morgan fingerprint density at radius 3 is 2.56 bits per heavy atom. The first-order chi connectivity index (χ1) is 17.3. The lowest BCUT2D eigenvalue weighted by Gasteiger charge is -2.22. The highest BCUT2D eigenvalue weighted by Gasteiger charge is 2.29. The van der Waals surface area contributed by atoms with Crippen LogP contribution in [0.5, 0.6) is 5.75 Å². The zero-order chi connectivity index (χ0) is 25.8. The fourth-order valence-corrected chi connectivity index (χ4v) is 4.47. The number of nitrogens with one attached hydrogen (secondary N) is 3.